The largest absolute Gasteiger partial charge is 0.482 e. The number of esters is 1. The summed E-state index contributed by atoms with van der Waals surface area (Å²) in [4.78, 5) is 33.7. The Morgan fingerprint density at radius 3 is 2.58 bits per heavy atom. The number of anilines is 1. The van der Waals surface area contributed by atoms with Gasteiger partial charge < -0.3 is 14.8 Å². The van der Waals surface area contributed by atoms with Crippen molar-refractivity contribution in [3.8, 4) is 5.75 Å². The molecule has 2 rings (SSSR count). The molecule has 1 N–H and O–H groups in total. The summed E-state index contributed by atoms with van der Waals surface area (Å²) in [6.45, 7) is 1.51. The minimum Gasteiger partial charge on any atom is -0.482 e. The van der Waals surface area contributed by atoms with Gasteiger partial charge >= 0.3 is 5.97 Å². The molecule has 0 fully saturated rings. The topological polar surface area (TPSA) is 108 Å². The van der Waals surface area contributed by atoms with E-state index in [0.717, 1.165) is 6.07 Å². The van der Waals surface area contributed by atoms with Gasteiger partial charge in [-0.3, -0.25) is 14.9 Å². The van der Waals surface area contributed by atoms with E-state index in [1.165, 1.54) is 19.2 Å². The Balaban J connectivity index is 2.13. The lowest BCUT2D eigenvalue weighted by Crippen LogP contribution is -2.14. The smallest absolute Gasteiger partial charge is 0.343 e. The summed E-state index contributed by atoms with van der Waals surface area (Å²) in [7, 11) is 1.26. The van der Waals surface area contributed by atoms with E-state index in [9.17, 15) is 19.7 Å². The number of carbonyl (C=O) groups is 2. The van der Waals surface area contributed by atoms with Crippen LogP contribution in [-0.4, -0.2) is 30.5 Å². The van der Waals surface area contributed by atoms with Crippen molar-refractivity contribution in [1.29, 1.82) is 0 Å². The lowest BCUT2D eigenvalue weighted by molar-refractivity contribution is -0.384. The van der Waals surface area contributed by atoms with Gasteiger partial charge in [-0.15, -0.1) is 0 Å². The molecule has 8 nitrogen and oxygen atoms in total. The molecule has 0 atom stereocenters. The average molecular weight is 379 g/mol. The molecule has 2 aromatic rings. The predicted molar refractivity (Wildman–Crippen MR) is 94.7 cm³/mol. The molecule has 1 amide bonds. The molecule has 0 aromatic heterocycles. The zero-order valence-corrected chi connectivity index (χ0v) is 14.7. The Morgan fingerprint density at radius 1 is 1.23 bits per heavy atom. The molecule has 0 heterocycles. The summed E-state index contributed by atoms with van der Waals surface area (Å²) in [6.07, 6.45) is 0. The second-order valence-corrected chi connectivity index (χ2v) is 5.63. The van der Waals surface area contributed by atoms with E-state index in [2.05, 4.69) is 10.1 Å². The number of nitrogens with zero attached hydrogens (tertiary/aromatic N) is 1. The normalized spacial score (nSPS) is 10.1. The van der Waals surface area contributed by atoms with E-state index in [1.54, 1.807) is 25.1 Å². The molecular formula is C17H15ClN2O6. The molecule has 0 unspecified atom stereocenters. The number of nitrogens with one attached hydrogen (secondary N) is 1. The van der Waals surface area contributed by atoms with Crippen LogP contribution >= 0.6 is 11.6 Å². The van der Waals surface area contributed by atoms with Crippen molar-refractivity contribution in [3.05, 3.63) is 62.7 Å². The summed E-state index contributed by atoms with van der Waals surface area (Å²) in [5.41, 5.74) is 0.941. The highest BCUT2D eigenvalue weighted by Crippen LogP contribution is 2.26. The maximum absolute atomic E-state index is 12.3. The number of carbonyl (C=O) groups excluding carboxylic acids is 2. The first-order chi connectivity index (χ1) is 12.3. The van der Waals surface area contributed by atoms with Gasteiger partial charge in [0.05, 0.1) is 12.0 Å². The quantitative estimate of drug-likeness (QED) is 0.469. The van der Waals surface area contributed by atoms with E-state index < -0.39 is 16.8 Å². The second kappa shape index (κ2) is 8.30. The predicted octanol–water partition coefficient (Wildman–Crippen LogP) is 3.36. The van der Waals surface area contributed by atoms with Crippen LogP contribution in [0, 0.1) is 17.0 Å². The molecule has 0 aliphatic rings. The number of hydrogen-bond donors (Lipinski definition) is 1. The average Bonchev–Trinajstić information content (AvgIpc) is 2.61. The third-order valence-corrected chi connectivity index (χ3v) is 3.76. The van der Waals surface area contributed by atoms with Gasteiger partial charge in [0.15, 0.2) is 6.61 Å². The molecule has 136 valence electrons. The number of methoxy groups -OCH3 is 1. The molecule has 0 saturated carbocycles. The molecule has 0 bridgehead atoms. The van der Waals surface area contributed by atoms with Crippen LogP contribution in [0.3, 0.4) is 0 Å². The number of nitro benzene ring substituents is 1. The fourth-order valence-electron chi connectivity index (χ4n) is 2.06. The Morgan fingerprint density at radius 2 is 1.96 bits per heavy atom. The van der Waals surface area contributed by atoms with Gasteiger partial charge in [-0.05, 0) is 42.8 Å². The third-order valence-electron chi connectivity index (χ3n) is 3.44. The second-order valence-electron chi connectivity index (χ2n) is 5.22. The zero-order valence-electron chi connectivity index (χ0n) is 13.9. The summed E-state index contributed by atoms with van der Waals surface area (Å²) < 4.78 is 9.75. The lowest BCUT2D eigenvalue weighted by Gasteiger charge is -2.11. The van der Waals surface area contributed by atoms with Gasteiger partial charge in [0, 0.05) is 17.3 Å². The van der Waals surface area contributed by atoms with Gasteiger partial charge in [0.25, 0.3) is 11.6 Å². The molecular weight excluding hydrogens is 364 g/mol. The van der Waals surface area contributed by atoms with Gasteiger partial charge in [-0.1, -0.05) is 11.6 Å². The summed E-state index contributed by atoms with van der Waals surface area (Å²) in [5, 5.41) is 13.5. The van der Waals surface area contributed by atoms with Crippen LogP contribution in [0.5, 0.6) is 5.75 Å². The highest BCUT2D eigenvalue weighted by atomic mass is 35.5. The summed E-state index contributed by atoms with van der Waals surface area (Å²) in [6, 6.07) is 8.63. The number of halogens is 1. The SMILES string of the molecule is COC(=O)COc1ccc(NC(=O)c2ccc(Cl)c([N+](=O)[O-])c2)c(C)c1. The Hall–Kier alpha value is -3.13. The van der Waals surface area contributed by atoms with Crippen LogP contribution in [0.2, 0.25) is 5.02 Å². The Kier molecular flexibility index (Phi) is 6.13. The molecule has 9 heteroatoms. The van der Waals surface area contributed by atoms with Crippen LogP contribution < -0.4 is 10.1 Å². The Bertz CT molecular complexity index is 868. The number of benzene rings is 2. The zero-order chi connectivity index (χ0) is 19.3. The minimum absolute atomic E-state index is 0.0464. The maximum atomic E-state index is 12.3. The number of rotatable bonds is 6. The first-order valence-corrected chi connectivity index (χ1v) is 7.75. The van der Waals surface area contributed by atoms with Crippen LogP contribution in [0.4, 0.5) is 11.4 Å². The molecule has 0 aliphatic carbocycles. The highest BCUT2D eigenvalue weighted by molar-refractivity contribution is 6.32. The van der Waals surface area contributed by atoms with Crippen LogP contribution in [0.25, 0.3) is 0 Å². The van der Waals surface area contributed by atoms with Crippen molar-refractivity contribution in [3.63, 3.8) is 0 Å². The molecule has 0 aliphatic heterocycles. The number of ether oxygens (including phenoxy) is 2. The van der Waals surface area contributed by atoms with Crippen molar-refractivity contribution in [2.75, 3.05) is 19.0 Å². The number of hydrogen-bond acceptors (Lipinski definition) is 6. The van der Waals surface area contributed by atoms with E-state index in [4.69, 9.17) is 16.3 Å². The van der Waals surface area contributed by atoms with Crippen molar-refractivity contribution >= 4 is 34.9 Å². The third kappa shape index (κ3) is 4.70. The number of amides is 1. The van der Waals surface area contributed by atoms with Gasteiger partial charge in [0.2, 0.25) is 0 Å². The van der Waals surface area contributed by atoms with E-state index in [0.29, 0.717) is 17.0 Å². The fourth-order valence-corrected chi connectivity index (χ4v) is 2.24. The number of nitro groups is 1. The van der Waals surface area contributed by atoms with Crippen molar-refractivity contribution < 1.29 is 24.0 Å². The van der Waals surface area contributed by atoms with Gasteiger partial charge in [-0.2, -0.15) is 0 Å². The fraction of sp³-hybridized carbons (Fsp3) is 0.176. The first kappa shape index (κ1) is 19.2. The summed E-state index contributed by atoms with van der Waals surface area (Å²) >= 11 is 5.74. The van der Waals surface area contributed by atoms with Crippen molar-refractivity contribution in [2.45, 2.75) is 6.92 Å². The standard InChI is InChI=1S/C17H15ClN2O6/c1-10-7-12(26-9-16(21)25-2)4-6-14(10)19-17(22)11-3-5-13(18)15(8-11)20(23)24/h3-8H,9H2,1-2H3,(H,19,22). The first-order valence-electron chi connectivity index (χ1n) is 7.37. The van der Waals surface area contributed by atoms with Crippen molar-refractivity contribution in [2.24, 2.45) is 0 Å². The molecule has 0 radical (unpaired) electrons. The highest BCUT2D eigenvalue weighted by Gasteiger charge is 2.17. The van der Waals surface area contributed by atoms with Gasteiger partial charge in [-0.25, -0.2) is 4.79 Å². The van der Waals surface area contributed by atoms with Crippen LogP contribution in [-0.2, 0) is 9.53 Å². The molecule has 0 spiro atoms. The van der Waals surface area contributed by atoms with E-state index in [-0.39, 0.29) is 22.9 Å². The monoisotopic (exact) mass is 378 g/mol. The van der Waals surface area contributed by atoms with E-state index in [1.807, 2.05) is 0 Å². The maximum Gasteiger partial charge on any atom is 0.343 e. The summed E-state index contributed by atoms with van der Waals surface area (Å²) in [5.74, 6) is -0.589. The van der Waals surface area contributed by atoms with Crippen LogP contribution in [0.15, 0.2) is 36.4 Å². The number of aryl methyl sites for hydroxylation is 1. The minimum atomic E-state index is -0.655. The molecule has 2 aromatic carbocycles. The molecule has 26 heavy (non-hydrogen) atoms. The van der Waals surface area contributed by atoms with Crippen LogP contribution in [0.1, 0.15) is 15.9 Å². The lowest BCUT2D eigenvalue weighted by atomic mass is 10.1. The molecule has 0 saturated heterocycles. The van der Waals surface area contributed by atoms with E-state index >= 15 is 0 Å². The van der Waals surface area contributed by atoms with Crippen molar-refractivity contribution in [1.82, 2.24) is 0 Å². The van der Waals surface area contributed by atoms with Gasteiger partial charge in [0.1, 0.15) is 10.8 Å². The Labute approximate surface area is 153 Å².